The molecule has 1 aromatic carbocycles. The monoisotopic (exact) mass is 335 g/mol. The minimum absolute atomic E-state index is 0.0727. The second-order valence-corrected chi connectivity index (χ2v) is 5.31. The van der Waals surface area contributed by atoms with Crippen molar-refractivity contribution in [2.45, 2.75) is 32.7 Å². The van der Waals surface area contributed by atoms with Crippen LogP contribution in [0.25, 0.3) is 6.08 Å². The Kier molecular flexibility index (Phi) is 8.39. The van der Waals surface area contributed by atoms with Gasteiger partial charge in [-0.15, -0.1) is 0 Å². The van der Waals surface area contributed by atoms with E-state index >= 15 is 0 Å². The highest BCUT2D eigenvalue weighted by molar-refractivity contribution is 5.89. The van der Waals surface area contributed by atoms with E-state index in [0.717, 1.165) is 18.4 Å². The van der Waals surface area contributed by atoms with E-state index in [-0.39, 0.29) is 18.6 Å². The number of hydrogen-bond acceptors (Lipinski definition) is 5. The Balaban J connectivity index is 2.50. The fourth-order valence-corrected chi connectivity index (χ4v) is 2.13. The highest BCUT2D eigenvalue weighted by atomic mass is 16.5. The van der Waals surface area contributed by atoms with Crippen LogP contribution in [0.2, 0.25) is 0 Å². The van der Waals surface area contributed by atoms with E-state index in [1.54, 1.807) is 31.4 Å². The van der Waals surface area contributed by atoms with E-state index in [1.165, 1.54) is 13.2 Å². The standard InChI is InChI=1S/C18H25NO5/c1-5-6-13(2)19-17(20)12-24-18(21)10-8-14-7-9-15(22-3)16(11-14)23-4/h7-11,13H,5-6,12H2,1-4H3,(H,19,20)/b10-8+/t13-/m0/s1. The summed E-state index contributed by atoms with van der Waals surface area (Å²) in [4.78, 5) is 23.3. The molecule has 0 spiro atoms. The third-order valence-corrected chi connectivity index (χ3v) is 3.29. The third-order valence-electron chi connectivity index (χ3n) is 3.29. The normalized spacial score (nSPS) is 11.8. The molecular weight excluding hydrogens is 310 g/mol. The van der Waals surface area contributed by atoms with E-state index in [2.05, 4.69) is 5.32 Å². The maximum Gasteiger partial charge on any atom is 0.331 e. The molecule has 132 valence electrons. The molecular formula is C18H25NO5. The zero-order valence-electron chi connectivity index (χ0n) is 14.6. The van der Waals surface area contributed by atoms with E-state index < -0.39 is 5.97 Å². The molecule has 1 N–H and O–H groups in total. The first kappa shape index (κ1) is 19.5. The number of esters is 1. The molecule has 0 aliphatic heterocycles. The first-order chi connectivity index (χ1) is 11.5. The van der Waals surface area contributed by atoms with Gasteiger partial charge >= 0.3 is 5.97 Å². The zero-order valence-corrected chi connectivity index (χ0v) is 14.6. The van der Waals surface area contributed by atoms with Gasteiger partial charge in [-0.25, -0.2) is 4.79 Å². The predicted molar refractivity (Wildman–Crippen MR) is 92.1 cm³/mol. The van der Waals surface area contributed by atoms with E-state index in [9.17, 15) is 9.59 Å². The number of ether oxygens (including phenoxy) is 3. The number of carbonyl (C=O) groups is 2. The Labute approximate surface area is 142 Å². The molecule has 0 heterocycles. The van der Waals surface area contributed by atoms with Crippen LogP contribution in [0.1, 0.15) is 32.3 Å². The van der Waals surface area contributed by atoms with Gasteiger partial charge in [0.2, 0.25) is 0 Å². The average molecular weight is 335 g/mol. The van der Waals surface area contributed by atoms with Crippen LogP contribution in [0.4, 0.5) is 0 Å². The van der Waals surface area contributed by atoms with Crippen molar-refractivity contribution in [3.63, 3.8) is 0 Å². The second-order valence-electron chi connectivity index (χ2n) is 5.31. The fraction of sp³-hybridized carbons (Fsp3) is 0.444. The lowest BCUT2D eigenvalue weighted by atomic mass is 10.2. The lowest BCUT2D eigenvalue weighted by Crippen LogP contribution is -2.35. The van der Waals surface area contributed by atoms with E-state index in [4.69, 9.17) is 14.2 Å². The summed E-state index contributed by atoms with van der Waals surface area (Å²) in [5.41, 5.74) is 0.755. The highest BCUT2D eigenvalue weighted by Gasteiger charge is 2.08. The van der Waals surface area contributed by atoms with Gasteiger partial charge in [0.25, 0.3) is 5.91 Å². The Morgan fingerprint density at radius 1 is 1.21 bits per heavy atom. The molecule has 6 nitrogen and oxygen atoms in total. The largest absolute Gasteiger partial charge is 0.493 e. The van der Waals surface area contributed by atoms with Crippen LogP contribution in [0.15, 0.2) is 24.3 Å². The first-order valence-corrected chi connectivity index (χ1v) is 7.86. The maximum atomic E-state index is 11.7. The van der Waals surface area contributed by atoms with E-state index in [1.807, 2.05) is 13.8 Å². The van der Waals surface area contributed by atoms with Gasteiger partial charge in [0.05, 0.1) is 14.2 Å². The van der Waals surface area contributed by atoms with Gasteiger partial charge in [-0.05, 0) is 37.1 Å². The van der Waals surface area contributed by atoms with Crippen molar-refractivity contribution in [3.05, 3.63) is 29.8 Å². The highest BCUT2D eigenvalue weighted by Crippen LogP contribution is 2.27. The Morgan fingerprint density at radius 3 is 2.54 bits per heavy atom. The van der Waals surface area contributed by atoms with E-state index in [0.29, 0.717) is 11.5 Å². The Hall–Kier alpha value is -2.50. The van der Waals surface area contributed by atoms with Crippen LogP contribution >= 0.6 is 0 Å². The van der Waals surface area contributed by atoms with Crippen molar-refractivity contribution < 1.29 is 23.8 Å². The Bertz CT molecular complexity index is 583. The molecule has 6 heteroatoms. The van der Waals surface area contributed by atoms with Crippen LogP contribution in [0.5, 0.6) is 11.5 Å². The van der Waals surface area contributed by atoms with Crippen molar-refractivity contribution in [3.8, 4) is 11.5 Å². The Morgan fingerprint density at radius 2 is 1.92 bits per heavy atom. The van der Waals surface area contributed by atoms with Gasteiger partial charge < -0.3 is 19.5 Å². The molecule has 1 rings (SSSR count). The number of carbonyl (C=O) groups excluding carboxylic acids is 2. The summed E-state index contributed by atoms with van der Waals surface area (Å²) in [7, 11) is 3.09. The van der Waals surface area contributed by atoms with Crippen LogP contribution in [0.3, 0.4) is 0 Å². The van der Waals surface area contributed by atoms with Gasteiger partial charge in [-0.1, -0.05) is 19.4 Å². The number of hydrogen-bond donors (Lipinski definition) is 1. The molecule has 0 aromatic heterocycles. The lowest BCUT2D eigenvalue weighted by Gasteiger charge is -2.12. The molecule has 0 aliphatic carbocycles. The molecule has 24 heavy (non-hydrogen) atoms. The topological polar surface area (TPSA) is 73.9 Å². The summed E-state index contributed by atoms with van der Waals surface area (Å²) < 4.78 is 15.2. The summed E-state index contributed by atoms with van der Waals surface area (Å²) in [5, 5.41) is 2.77. The quantitative estimate of drug-likeness (QED) is 0.554. The molecule has 0 aliphatic rings. The molecule has 0 saturated heterocycles. The van der Waals surface area contributed by atoms with Gasteiger partial charge in [0, 0.05) is 12.1 Å². The molecule has 1 aromatic rings. The van der Waals surface area contributed by atoms with Crippen LogP contribution in [0, 0.1) is 0 Å². The molecule has 1 amide bonds. The smallest absolute Gasteiger partial charge is 0.331 e. The molecule has 0 bridgehead atoms. The molecule has 0 unspecified atom stereocenters. The minimum atomic E-state index is -0.580. The first-order valence-electron chi connectivity index (χ1n) is 7.86. The second kappa shape index (κ2) is 10.3. The maximum absolute atomic E-state index is 11.7. The number of rotatable bonds is 9. The number of amides is 1. The van der Waals surface area contributed by atoms with Gasteiger partial charge in [0.1, 0.15) is 0 Å². The minimum Gasteiger partial charge on any atom is -0.493 e. The molecule has 1 atom stereocenters. The SMILES string of the molecule is CCC[C@H](C)NC(=O)COC(=O)/C=C/c1ccc(OC)c(OC)c1. The fourth-order valence-electron chi connectivity index (χ4n) is 2.13. The molecule has 0 radical (unpaired) electrons. The van der Waals surface area contributed by atoms with Gasteiger partial charge in [0.15, 0.2) is 18.1 Å². The summed E-state index contributed by atoms with van der Waals surface area (Å²) in [5.74, 6) is 0.291. The zero-order chi connectivity index (χ0) is 17.9. The van der Waals surface area contributed by atoms with Crippen molar-refractivity contribution in [2.75, 3.05) is 20.8 Å². The number of benzene rings is 1. The summed E-state index contributed by atoms with van der Waals surface area (Å²) in [6, 6.07) is 5.34. The van der Waals surface area contributed by atoms with Crippen LogP contribution < -0.4 is 14.8 Å². The van der Waals surface area contributed by atoms with Crippen molar-refractivity contribution in [2.24, 2.45) is 0 Å². The average Bonchev–Trinajstić information content (AvgIpc) is 2.57. The van der Waals surface area contributed by atoms with Gasteiger partial charge in [-0.2, -0.15) is 0 Å². The third kappa shape index (κ3) is 6.73. The van der Waals surface area contributed by atoms with Crippen molar-refractivity contribution >= 4 is 18.0 Å². The van der Waals surface area contributed by atoms with Crippen LogP contribution in [-0.4, -0.2) is 38.7 Å². The van der Waals surface area contributed by atoms with Crippen molar-refractivity contribution in [1.82, 2.24) is 5.32 Å². The summed E-state index contributed by atoms with van der Waals surface area (Å²) in [6.07, 6.45) is 4.72. The van der Waals surface area contributed by atoms with Crippen molar-refractivity contribution in [1.29, 1.82) is 0 Å². The number of methoxy groups -OCH3 is 2. The summed E-state index contributed by atoms with van der Waals surface area (Å²) >= 11 is 0. The predicted octanol–water partition coefficient (Wildman–Crippen LogP) is 2.57. The number of nitrogens with one attached hydrogen (secondary N) is 1. The van der Waals surface area contributed by atoms with Crippen LogP contribution in [-0.2, 0) is 14.3 Å². The summed E-state index contributed by atoms with van der Waals surface area (Å²) in [6.45, 7) is 3.67. The molecule has 0 fully saturated rings. The van der Waals surface area contributed by atoms with Gasteiger partial charge in [-0.3, -0.25) is 4.79 Å². The molecule has 0 saturated carbocycles. The lowest BCUT2D eigenvalue weighted by molar-refractivity contribution is -0.144.